The third-order valence-electron chi connectivity index (χ3n) is 3.72. The first-order chi connectivity index (χ1) is 13.3. The maximum atomic E-state index is 12.7. The highest BCUT2D eigenvalue weighted by molar-refractivity contribution is 8.26. The van der Waals surface area contributed by atoms with Crippen LogP contribution in [0.4, 0.5) is 0 Å². The number of rotatable bonds is 8. The van der Waals surface area contributed by atoms with Gasteiger partial charge in [-0.2, -0.15) is 0 Å². The number of nitrogens with zero attached hydrogens (tertiary/aromatic N) is 1. The Bertz CT molecular complexity index is 781. The monoisotopic (exact) mass is 425 g/mol. The fourth-order valence-electron chi connectivity index (χ4n) is 2.41. The van der Waals surface area contributed by atoms with Gasteiger partial charge < -0.3 is 18.9 Å². The molecule has 0 unspecified atom stereocenters. The van der Waals surface area contributed by atoms with Crippen molar-refractivity contribution in [2.75, 3.05) is 34.5 Å². The van der Waals surface area contributed by atoms with Gasteiger partial charge in [0.05, 0.1) is 32.8 Å². The lowest BCUT2D eigenvalue weighted by atomic mass is 10.1. The normalized spacial score (nSPS) is 15.4. The maximum Gasteiger partial charge on any atom is 0.326 e. The number of thioether (sulfide) groups is 1. The molecule has 7 nitrogen and oxygen atoms in total. The van der Waals surface area contributed by atoms with Gasteiger partial charge in [0.15, 0.2) is 11.5 Å². The van der Waals surface area contributed by atoms with Crippen LogP contribution in [0.25, 0.3) is 6.08 Å². The third-order valence-corrected chi connectivity index (χ3v) is 5.10. The van der Waals surface area contributed by atoms with Crippen LogP contribution in [-0.4, -0.2) is 55.6 Å². The van der Waals surface area contributed by atoms with Gasteiger partial charge in [-0.3, -0.25) is 14.5 Å². The van der Waals surface area contributed by atoms with Crippen LogP contribution in [0.3, 0.4) is 0 Å². The minimum Gasteiger partial charge on any atom is -0.493 e. The minimum atomic E-state index is -0.487. The molecule has 28 heavy (non-hydrogen) atoms. The fourth-order valence-corrected chi connectivity index (χ4v) is 3.66. The van der Waals surface area contributed by atoms with Crippen LogP contribution in [0, 0.1) is 5.92 Å². The average molecular weight is 426 g/mol. The quantitative estimate of drug-likeness (QED) is 0.357. The highest BCUT2D eigenvalue weighted by Gasteiger charge is 2.34. The van der Waals surface area contributed by atoms with Crippen molar-refractivity contribution >= 4 is 46.3 Å². The number of esters is 1. The van der Waals surface area contributed by atoms with Gasteiger partial charge in [-0.25, -0.2) is 0 Å². The molecule has 1 aromatic rings. The first kappa shape index (κ1) is 22.0. The Morgan fingerprint density at radius 3 is 2.29 bits per heavy atom. The lowest BCUT2D eigenvalue weighted by molar-refractivity contribution is -0.147. The molecule has 0 radical (unpaired) electrons. The molecule has 152 valence electrons. The summed E-state index contributed by atoms with van der Waals surface area (Å²) >= 11 is 6.38. The van der Waals surface area contributed by atoms with Gasteiger partial charge in [0.1, 0.15) is 10.9 Å². The average Bonchev–Trinajstić information content (AvgIpc) is 2.92. The summed E-state index contributed by atoms with van der Waals surface area (Å²) in [6, 6.07) is 3.45. The van der Waals surface area contributed by atoms with Gasteiger partial charge in [-0.05, 0) is 29.7 Å². The Hall–Kier alpha value is -2.26. The number of amides is 1. The summed E-state index contributed by atoms with van der Waals surface area (Å²) in [7, 11) is 4.55. The van der Waals surface area contributed by atoms with Crippen LogP contribution in [0.15, 0.2) is 17.0 Å². The number of methoxy groups -OCH3 is 3. The van der Waals surface area contributed by atoms with Gasteiger partial charge in [0.2, 0.25) is 5.75 Å². The van der Waals surface area contributed by atoms with Crippen LogP contribution in [-0.2, 0) is 14.3 Å². The van der Waals surface area contributed by atoms with Crippen molar-refractivity contribution in [3.8, 4) is 17.2 Å². The van der Waals surface area contributed by atoms with Crippen molar-refractivity contribution in [2.45, 2.75) is 13.8 Å². The zero-order valence-corrected chi connectivity index (χ0v) is 18.1. The summed E-state index contributed by atoms with van der Waals surface area (Å²) in [5.41, 5.74) is 0.678. The number of carbonyl (C=O) groups excluding carboxylic acids is 2. The lowest BCUT2D eigenvalue weighted by Crippen LogP contribution is -2.34. The first-order valence-electron chi connectivity index (χ1n) is 8.51. The van der Waals surface area contributed by atoms with Crippen molar-refractivity contribution in [1.82, 2.24) is 4.90 Å². The summed E-state index contributed by atoms with van der Waals surface area (Å²) in [6.07, 6.45) is 1.67. The van der Waals surface area contributed by atoms with Crippen LogP contribution < -0.4 is 14.2 Å². The van der Waals surface area contributed by atoms with Gasteiger partial charge in [-0.15, -0.1) is 0 Å². The van der Waals surface area contributed by atoms with Gasteiger partial charge in [-0.1, -0.05) is 37.8 Å². The van der Waals surface area contributed by atoms with Crippen LogP contribution in [0.1, 0.15) is 19.4 Å². The predicted octanol–water partition coefficient (Wildman–Crippen LogP) is 3.11. The highest BCUT2D eigenvalue weighted by atomic mass is 32.2. The van der Waals surface area contributed by atoms with Crippen molar-refractivity contribution in [2.24, 2.45) is 5.92 Å². The van der Waals surface area contributed by atoms with Crippen molar-refractivity contribution in [3.63, 3.8) is 0 Å². The second kappa shape index (κ2) is 9.79. The van der Waals surface area contributed by atoms with Gasteiger partial charge in [0.25, 0.3) is 5.91 Å². The van der Waals surface area contributed by atoms with Crippen molar-refractivity contribution in [3.05, 3.63) is 22.6 Å². The lowest BCUT2D eigenvalue weighted by Gasteiger charge is -2.14. The van der Waals surface area contributed by atoms with E-state index in [1.165, 1.54) is 26.2 Å². The molecule has 1 aliphatic rings. The van der Waals surface area contributed by atoms with E-state index in [1.54, 1.807) is 18.2 Å². The molecule has 0 atom stereocenters. The summed E-state index contributed by atoms with van der Waals surface area (Å²) in [5, 5.41) is 0. The summed E-state index contributed by atoms with van der Waals surface area (Å²) < 4.78 is 21.4. The summed E-state index contributed by atoms with van der Waals surface area (Å²) in [6.45, 7) is 3.97. The Morgan fingerprint density at radius 1 is 1.18 bits per heavy atom. The Labute approximate surface area is 173 Å². The molecule has 9 heteroatoms. The van der Waals surface area contributed by atoms with E-state index in [2.05, 4.69) is 0 Å². The molecule has 0 aromatic heterocycles. The van der Waals surface area contributed by atoms with Crippen LogP contribution in [0.5, 0.6) is 17.2 Å². The zero-order chi connectivity index (χ0) is 20.8. The van der Waals surface area contributed by atoms with E-state index in [0.29, 0.717) is 38.6 Å². The summed E-state index contributed by atoms with van der Waals surface area (Å²) in [5.74, 6) is 0.795. The molecule has 1 amide bonds. The number of hydrogen-bond acceptors (Lipinski definition) is 8. The Balaban J connectivity index is 2.22. The van der Waals surface area contributed by atoms with E-state index in [-0.39, 0.29) is 18.4 Å². The van der Waals surface area contributed by atoms with E-state index in [4.69, 9.17) is 31.2 Å². The molecular weight excluding hydrogens is 402 g/mol. The molecule has 1 heterocycles. The van der Waals surface area contributed by atoms with E-state index >= 15 is 0 Å². The molecular formula is C19H23NO6S2. The van der Waals surface area contributed by atoms with E-state index in [0.717, 1.165) is 11.8 Å². The molecule has 0 saturated carbocycles. The molecule has 2 rings (SSSR count). The minimum absolute atomic E-state index is 0.204. The third kappa shape index (κ3) is 5.17. The largest absolute Gasteiger partial charge is 0.493 e. The van der Waals surface area contributed by atoms with E-state index < -0.39 is 5.97 Å². The number of carbonyl (C=O) groups is 2. The molecule has 1 saturated heterocycles. The van der Waals surface area contributed by atoms with Crippen molar-refractivity contribution in [1.29, 1.82) is 0 Å². The summed E-state index contributed by atoms with van der Waals surface area (Å²) in [4.78, 5) is 26.3. The first-order valence-corrected chi connectivity index (χ1v) is 9.74. The number of ether oxygens (including phenoxy) is 4. The second-order valence-electron chi connectivity index (χ2n) is 6.30. The smallest absolute Gasteiger partial charge is 0.326 e. The molecule has 0 N–H and O–H groups in total. The Morgan fingerprint density at radius 2 is 1.79 bits per heavy atom. The molecule has 1 aliphatic heterocycles. The van der Waals surface area contributed by atoms with Crippen molar-refractivity contribution < 1.29 is 28.5 Å². The molecule has 1 fully saturated rings. The predicted molar refractivity (Wildman–Crippen MR) is 112 cm³/mol. The highest BCUT2D eigenvalue weighted by Crippen LogP contribution is 2.40. The molecule has 0 aliphatic carbocycles. The molecule has 0 spiro atoms. The van der Waals surface area contributed by atoms with Gasteiger partial charge >= 0.3 is 5.97 Å². The van der Waals surface area contributed by atoms with Crippen LogP contribution >= 0.6 is 24.0 Å². The topological polar surface area (TPSA) is 74.3 Å². The Kier molecular flexibility index (Phi) is 7.70. The molecule has 0 bridgehead atoms. The standard InChI is InChI=1S/C19H23NO6S2/c1-11(2)10-26-16(21)9-20-18(22)15(28-19(20)27)8-12-6-13(23-3)17(25-5)14(7-12)24-4/h6-8,11H,9-10H2,1-5H3/b15-8-. The molecule has 1 aromatic carbocycles. The zero-order valence-electron chi connectivity index (χ0n) is 16.4. The number of thiocarbonyl (C=S) groups is 1. The van der Waals surface area contributed by atoms with E-state index in [1.807, 2.05) is 13.8 Å². The number of hydrogen-bond donors (Lipinski definition) is 0. The van der Waals surface area contributed by atoms with Gasteiger partial charge in [0, 0.05) is 0 Å². The SMILES string of the molecule is COc1cc(/C=C2\SC(=S)N(CC(=O)OCC(C)C)C2=O)cc(OC)c1OC. The fraction of sp³-hybridized carbons (Fsp3) is 0.421. The maximum absolute atomic E-state index is 12.7. The van der Waals surface area contributed by atoms with Crippen LogP contribution in [0.2, 0.25) is 0 Å². The number of benzene rings is 1. The second-order valence-corrected chi connectivity index (χ2v) is 7.98. The van der Waals surface area contributed by atoms with E-state index in [9.17, 15) is 9.59 Å².